The van der Waals surface area contributed by atoms with Gasteiger partial charge in [-0.25, -0.2) is 9.97 Å². The minimum atomic E-state index is -0.125. The summed E-state index contributed by atoms with van der Waals surface area (Å²) in [6.45, 7) is 3.20. The number of carbonyl (C=O) groups excluding carboxylic acids is 1. The predicted octanol–water partition coefficient (Wildman–Crippen LogP) is 3.96. The molecule has 0 saturated heterocycles. The summed E-state index contributed by atoms with van der Waals surface area (Å²) in [5, 5.41) is 4.71. The summed E-state index contributed by atoms with van der Waals surface area (Å²) in [4.78, 5) is 22.6. The standard InChI is InChI=1S/C18H25N3O2S/c1-12-7-8-13-14(10-12)24-18-16(13)17(20-11-21-18)19-9-5-3-4-6-15(22)23-2/h11-12H,3-10H2,1-2H3,(H,19,20,21)/t12-/m0/s1. The normalized spacial score (nSPS) is 16.8. The molecule has 24 heavy (non-hydrogen) atoms. The van der Waals surface area contributed by atoms with Crippen molar-refractivity contribution in [2.24, 2.45) is 5.92 Å². The highest BCUT2D eigenvalue weighted by Gasteiger charge is 2.22. The highest BCUT2D eigenvalue weighted by molar-refractivity contribution is 7.19. The summed E-state index contributed by atoms with van der Waals surface area (Å²) in [6, 6.07) is 0. The average molecular weight is 347 g/mol. The predicted molar refractivity (Wildman–Crippen MR) is 97.6 cm³/mol. The molecule has 3 rings (SSSR count). The van der Waals surface area contributed by atoms with Gasteiger partial charge in [0.05, 0.1) is 12.5 Å². The van der Waals surface area contributed by atoms with Crippen molar-refractivity contribution in [1.82, 2.24) is 9.97 Å². The summed E-state index contributed by atoms with van der Waals surface area (Å²) in [5.41, 5.74) is 1.46. The van der Waals surface area contributed by atoms with E-state index in [2.05, 4.69) is 26.9 Å². The maximum Gasteiger partial charge on any atom is 0.305 e. The van der Waals surface area contributed by atoms with Crippen molar-refractivity contribution in [3.8, 4) is 0 Å². The second-order valence-electron chi connectivity index (χ2n) is 6.57. The van der Waals surface area contributed by atoms with Crippen LogP contribution in [0, 0.1) is 5.92 Å². The fourth-order valence-corrected chi connectivity index (χ4v) is 4.64. The zero-order valence-corrected chi connectivity index (χ0v) is 15.2. The third-order valence-electron chi connectivity index (χ3n) is 4.67. The van der Waals surface area contributed by atoms with E-state index in [1.807, 2.05) is 11.3 Å². The fraction of sp³-hybridized carbons (Fsp3) is 0.611. The number of nitrogens with one attached hydrogen (secondary N) is 1. The summed E-state index contributed by atoms with van der Waals surface area (Å²) in [5.74, 6) is 1.62. The number of hydrogen-bond donors (Lipinski definition) is 1. The molecule has 0 unspecified atom stereocenters. The zero-order valence-electron chi connectivity index (χ0n) is 14.4. The molecule has 1 N–H and O–H groups in total. The number of rotatable bonds is 7. The quantitative estimate of drug-likeness (QED) is 0.607. The highest BCUT2D eigenvalue weighted by Crippen LogP contribution is 2.39. The maximum atomic E-state index is 11.1. The van der Waals surface area contributed by atoms with E-state index in [1.54, 1.807) is 6.33 Å². The molecule has 5 nitrogen and oxygen atoms in total. The Morgan fingerprint density at radius 1 is 1.38 bits per heavy atom. The van der Waals surface area contributed by atoms with Crippen molar-refractivity contribution in [1.29, 1.82) is 0 Å². The number of hydrogen-bond acceptors (Lipinski definition) is 6. The van der Waals surface area contributed by atoms with Crippen LogP contribution in [-0.2, 0) is 22.4 Å². The minimum Gasteiger partial charge on any atom is -0.469 e. The first-order chi connectivity index (χ1) is 11.7. The molecule has 2 aromatic rings. The van der Waals surface area contributed by atoms with E-state index in [4.69, 9.17) is 0 Å². The van der Waals surface area contributed by atoms with Crippen LogP contribution in [0.1, 0.15) is 49.5 Å². The number of anilines is 1. The summed E-state index contributed by atoms with van der Waals surface area (Å²) in [7, 11) is 1.44. The third kappa shape index (κ3) is 3.86. The van der Waals surface area contributed by atoms with Crippen molar-refractivity contribution in [2.45, 2.75) is 51.9 Å². The number of thiophene rings is 1. The van der Waals surface area contributed by atoms with Crippen molar-refractivity contribution in [3.63, 3.8) is 0 Å². The van der Waals surface area contributed by atoms with Crippen molar-refractivity contribution in [2.75, 3.05) is 19.0 Å². The first-order valence-electron chi connectivity index (χ1n) is 8.75. The van der Waals surface area contributed by atoms with Gasteiger partial charge in [-0.3, -0.25) is 4.79 Å². The molecule has 0 aliphatic heterocycles. The van der Waals surface area contributed by atoms with Gasteiger partial charge in [0.2, 0.25) is 0 Å². The Bertz CT molecular complexity index is 714. The minimum absolute atomic E-state index is 0.125. The van der Waals surface area contributed by atoms with Gasteiger partial charge in [0.1, 0.15) is 17.0 Å². The topological polar surface area (TPSA) is 64.1 Å². The number of carbonyl (C=O) groups is 1. The SMILES string of the molecule is COC(=O)CCCCCNc1ncnc2sc3c(c12)CC[C@H](C)C3. The maximum absolute atomic E-state index is 11.1. The molecule has 2 aromatic heterocycles. The van der Waals surface area contributed by atoms with Crippen LogP contribution in [0.4, 0.5) is 5.82 Å². The number of methoxy groups -OCH3 is 1. The van der Waals surface area contributed by atoms with E-state index in [9.17, 15) is 4.79 Å². The van der Waals surface area contributed by atoms with Crippen LogP contribution >= 0.6 is 11.3 Å². The Hall–Kier alpha value is -1.69. The lowest BCUT2D eigenvalue weighted by atomic mass is 9.89. The number of aryl methyl sites for hydroxylation is 1. The molecule has 1 atom stereocenters. The van der Waals surface area contributed by atoms with Crippen molar-refractivity contribution in [3.05, 3.63) is 16.8 Å². The molecular formula is C18H25N3O2S. The molecule has 0 fully saturated rings. The molecule has 0 saturated carbocycles. The summed E-state index contributed by atoms with van der Waals surface area (Å²) >= 11 is 1.83. The number of aromatic nitrogens is 2. The van der Waals surface area contributed by atoms with Gasteiger partial charge in [0, 0.05) is 17.8 Å². The lowest BCUT2D eigenvalue weighted by molar-refractivity contribution is -0.140. The number of ether oxygens (including phenoxy) is 1. The number of esters is 1. The van der Waals surface area contributed by atoms with E-state index in [-0.39, 0.29) is 5.97 Å². The van der Waals surface area contributed by atoms with Gasteiger partial charge >= 0.3 is 5.97 Å². The lowest BCUT2D eigenvalue weighted by Gasteiger charge is -2.18. The van der Waals surface area contributed by atoms with Gasteiger partial charge in [-0.2, -0.15) is 0 Å². The van der Waals surface area contributed by atoms with Gasteiger partial charge in [-0.05, 0) is 43.6 Å². The molecule has 0 amide bonds. The Labute approximate surface area is 146 Å². The second kappa shape index (κ2) is 7.92. The van der Waals surface area contributed by atoms with Crippen LogP contribution in [0.25, 0.3) is 10.2 Å². The molecule has 0 bridgehead atoms. The van der Waals surface area contributed by atoms with E-state index in [1.165, 1.54) is 35.8 Å². The Morgan fingerprint density at radius 3 is 3.08 bits per heavy atom. The van der Waals surface area contributed by atoms with Crippen LogP contribution in [-0.4, -0.2) is 29.6 Å². The molecule has 6 heteroatoms. The lowest BCUT2D eigenvalue weighted by Crippen LogP contribution is -2.10. The second-order valence-corrected chi connectivity index (χ2v) is 7.65. The molecule has 0 aromatic carbocycles. The van der Waals surface area contributed by atoms with Gasteiger partial charge in [-0.1, -0.05) is 13.3 Å². The van der Waals surface area contributed by atoms with E-state index < -0.39 is 0 Å². The summed E-state index contributed by atoms with van der Waals surface area (Å²) < 4.78 is 4.66. The molecule has 130 valence electrons. The molecule has 1 aliphatic rings. The van der Waals surface area contributed by atoms with E-state index in [0.717, 1.165) is 48.8 Å². The molecule has 0 radical (unpaired) electrons. The Balaban J connectivity index is 1.60. The zero-order chi connectivity index (χ0) is 16.9. The summed E-state index contributed by atoms with van der Waals surface area (Å²) in [6.07, 6.45) is 8.63. The Morgan fingerprint density at radius 2 is 2.25 bits per heavy atom. The first-order valence-corrected chi connectivity index (χ1v) is 9.56. The molecule has 0 spiro atoms. The van der Waals surface area contributed by atoms with Gasteiger partial charge < -0.3 is 10.1 Å². The van der Waals surface area contributed by atoms with Gasteiger partial charge in [-0.15, -0.1) is 11.3 Å². The van der Waals surface area contributed by atoms with Crippen molar-refractivity contribution >= 4 is 33.3 Å². The smallest absolute Gasteiger partial charge is 0.305 e. The molecule has 1 aliphatic carbocycles. The largest absolute Gasteiger partial charge is 0.469 e. The van der Waals surface area contributed by atoms with E-state index >= 15 is 0 Å². The number of nitrogens with zero attached hydrogens (tertiary/aromatic N) is 2. The van der Waals surface area contributed by atoms with Crippen LogP contribution in [0.3, 0.4) is 0 Å². The molecule has 2 heterocycles. The number of fused-ring (bicyclic) bond motifs is 3. The third-order valence-corrected chi connectivity index (χ3v) is 5.83. The van der Waals surface area contributed by atoms with Gasteiger partial charge in [0.25, 0.3) is 0 Å². The van der Waals surface area contributed by atoms with Crippen LogP contribution < -0.4 is 5.32 Å². The fourth-order valence-electron chi connectivity index (χ4n) is 3.29. The van der Waals surface area contributed by atoms with Gasteiger partial charge in [0.15, 0.2) is 0 Å². The van der Waals surface area contributed by atoms with Crippen LogP contribution in [0.2, 0.25) is 0 Å². The number of unbranched alkanes of at least 4 members (excludes halogenated alkanes) is 2. The van der Waals surface area contributed by atoms with Crippen LogP contribution in [0.15, 0.2) is 6.33 Å². The molecular weight excluding hydrogens is 322 g/mol. The first kappa shape index (κ1) is 17.1. The van der Waals surface area contributed by atoms with Crippen LogP contribution in [0.5, 0.6) is 0 Å². The van der Waals surface area contributed by atoms with E-state index in [0.29, 0.717) is 6.42 Å². The monoisotopic (exact) mass is 347 g/mol. The van der Waals surface area contributed by atoms with Crippen molar-refractivity contribution < 1.29 is 9.53 Å². The Kier molecular flexibility index (Phi) is 5.66. The highest BCUT2D eigenvalue weighted by atomic mass is 32.1. The average Bonchev–Trinajstić information content (AvgIpc) is 2.95.